The van der Waals surface area contributed by atoms with Crippen molar-refractivity contribution >= 4 is 16.6 Å². The van der Waals surface area contributed by atoms with Crippen molar-refractivity contribution in [1.29, 1.82) is 0 Å². The lowest BCUT2D eigenvalue weighted by atomic mass is 9.59. The summed E-state index contributed by atoms with van der Waals surface area (Å²) in [5.74, 6) is 0. The van der Waals surface area contributed by atoms with Crippen molar-refractivity contribution < 1.29 is 0 Å². The van der Waals surface area contributed by atoms with Gasteiger partial charge in [-0.25, -0.2) is 0 Å². The second-order valence-corrected chi connectivity index (χ2v) is 12.8. The Labute approximate surface area is 292 Å². The third-order valence-electron chi connectivity index (χ3n) is 9.78. The summed E-state index contributed by atoms with van der Waals surface area (Å²) in [5, 5.41) is 23.4. The van der Waals surface area contributed by atoms with Gasteiger partial charge in [-0.2, -0.15) is 0 Å². The Morgan fingerprint density at radius 1 is 0.580 bits per heavy atom. The van der Waals surface area contributed by atoms with Gasteiger partial charge in [-0.05, 0) is 69.3 Å². The zero-order valence-electron chi connectivity index (χ0n) is 28.0. The minimum absolute atomic E-state index is 0.680. The van der Waals surface area contributed by atoms with Crippen LogP contribution >= 0.6 is 0 Å². The average Bonchev–Trinajstić information content (AvgIpc) is 3.67. The fraction of sp³-hybridized carbons (Fsp3) is 0.114. The van der Waals surface area contributed by atoms with Crippen molar-refractivity contribution in [2.75, 3.05) is 5.32 Å². The van der Waals surface area contributed by atoms with E-state index in [2.05, 4.69) is 168 Å². The van der Waals surface area contributed by atoms with Crippen molar-refractivity contribution in [3.05, 3.63) is 203 Å². The first kappa shape index (κ1) is 31.0. The number of pyridine rings is 1. The van der Waals surface area contributed by atoms with E-state index in [1.54, 1.807) is 0 Å². The Morgan fingerprint density at radius 2 is 1.14 bits per heavy atom. The first-order valence-electron chi connectivity index (χ1n) is 16.9. The van der Waals surface area contributed by atoms with Gasteiger partial charge < -0.3 is 5.32 Å². The second kappa shape index (κ2) is 13.0. The number of aryl methyl sites for hydroxylation is 2. The molecule has 0 saturated heterocycles. The summed E-state index contributed by atoms with van der Waals surface area (Å²) in [4.78, 5) is 4.79. The molecule has 0 fully saturated rings. The molecule has 50 heavy (non-hydrogen) atoms. The Morgan fingerprint density at radius 3 is 1.74 bits per heavy atom. The number of nitrogens with zero attached hydrogens (tertiary/aromatic N) is 5. The quantitative estimate of drug-likeness (QED) is 0.158. The Bertz CT molecular complexity index is 2220. The summed E-state index contributed by atoms with van der Waals surface area (Å²) in [6, 6.07) is 57.1. The van der Waals surface area contributed by atoms with Crippen LogP contribution in [-0.2, 0) is 17.6 Å². The van der Waals surface area contributed by atoms with Crippen LogP contribution in [0.1, 0.15) is 39.1 Å². The molecule has 0 bridgehead atoms. The lowest BCUT2D eigenvalue weighted by Crippen LogP contribution is -2.48. The molecule has 0 saturated carbocycles. The van der Waals surface area contributed by atoms with Crippen LogP contribution in [0.5, 0.6) is 0 Å². The molecule has 0 amide bonds. The smallest absolute Gasteiger partial charge is 0.238 e. The number of anilines is 1. The minimum atomic E-state index is -1.24. The normalized spacial score (nSPS) is 13.5. The Hall–Kier alpha value is -6.27. The predicted molar refractivity (Wildman–Crippen MR) is 201 cm³/mol. The number of rotatable bonds is 9. The molecular weight excluding hydrogens is 613 g/mol. The molecule has 1 aromatic heterocycles. The minimum Gasteiger partial charge on any atom is -0.380 e. The average molecular weight is 649 g/mol. The number of aromatic nitrogens is 1. The zero-order valence-corrected chi connectivity index (χ0v) is 28.0. The second-order valence-electron chi connectivity index (χ2n) is 12.8. The molecule has 6 heteroatoms. The molecule has 0 aliphatic carbocycles. The third-order valence-corrected chi connectivity index (χ3v) is 9.78. The molecule has 0 atom stereocenters. The molecule has 1 N–H and O–H groups in total. The largest absolute Gasteiger partial charge is 0.380 e. The summed E-state index contributed by atoms with van der Waals surface area (Å²) < 4.78 is 0. The first-order chi connectivity index (χ1) is 24.6. The highest BCUT2D eigenvalue weighted by Gasteiger charge is 2.60. The monoisotopic (exact) mass is 648 g/mol. The molecule has 8 rings (SSSR count). The summed E-state index contributed by atoms with van der Waals surface area (Å²) in [5.41, 5.74) is 9.45. The molecule has 7 aromatic rings. The standard InChI is InChI=1S/C44H36N6/c1-31-15-14-23-39-41(29-32(2)46-42(31)39)45-30-33-25-27-34(28-26-33)38-22-12-13-24-40(38)44(47-49-50-48-44)43(35-16-6-3-7-17-35,36-18-8-4-9-19-36)37-20-10-5-11-21-37/h3-29H,30H2,1-2H3,(H,45,46). The number of nitrogens with one attached hydrogen (secondary N) is 1. The molecule has 1 aliphatic heterocycles. The molecule has 0 unspecified atom stereocenters. The molecule has 6 nitrogen and oxygen atoms in total. The van der Waals surface area contributed by atoms with Crippen molar-refractivity contribution in [2.24, 2.45) is 20.7 Å². The van der Waals surface area contributed by atoms with Gasteiger partial charge in [0.05, 0.1) is 10.9 Å². The summed E-state index contributed by atoms with van der Waals surface area (Å²) in [6.45, 7) is 4.83. The van der Waals surface area contributed by atoms with Crippen LogP contribution in [0.15, 0.2) is 184 Å². The van der Waals surface area contributed by atoms with E-state index in [0.29, 0.717) is 6.54 Å². The predicted octanol–water partition coefficient (Wildman–Crippen LogP) is 11.2. The zero-order chi connectivity index (χ0) is 34.0. The number of hydrogen-bond donors (Lipinski definition) is 1. The van der Waals surface area contributed by atoms with E-state index in [1.807, 2.05) is 25.1 Å². The van der Waals surface area contributed by atoms with Crippen molar-refractivity contribution in [1.82, 2.24) is 4.98 Å². The lowest BCUT2D eigenvalue weighted by Gasteiger charge is -2.45. The van der Waals surface area contributed by atoms with Crippen molar-refractivity contribution in [2.45, 2.75) is 31.5 Å². The lowest BCUT2D eigenvalue weighted by molar-refractivity contribution is 0.318. The molecule has 2 heterocycles. The highest BCUT2D eigenvalue weighted by Crippen LogP contribution is 2.58. The van der Waals surface area contributed by atoms with Crippen LogP contribution in [0.25, 0.3) is 22.0 Å². The van der Waals surface area contributed by atoms with Crippen LogP contribution in [0.2, 0.25) is 0 Å². The fourth-order valence-electron chi connectivity index (χ4n) is 7.52. The number of hydrogen-bond acceptors (Lipinski definition) is 6. The van der Waals surface area contributed by atoms with E-state index in [1.165, 1.54) is 11.1 Å². The molecule has 242 valence electrons. The maximum absolute atomic E-state index is 5.02. The van der Waals surface area contributed by atoms with Crippen LogP contribution in [-0.4, -0.2) is 4.98 Å². The van der Waals surface area contributed by atoms with E-state index < -0.39 is 11.1 Å². The summed E-state index contributed by atoms with van der Waals surface area (Å²) in [7, 11) is 0. The molecule has 1 aliphatic rings. The molecule has 6 aromatic carbocycles. The summed E-state index contributed by atoms with van der Waals surface area (Å²) >= 11 is 0. The number of para-hydroxylation sites is 1. The van der Waals surface area contributed by atoms with Gasteiger partial charge in [0.2, 0.25) is 5.66 Å². The van der Waals surface area contributed by atoms with E-state index in [0.717, 1.165) is 55.7 Å². The van der Waals surface area contributed by atoms with E-state index in [9.17, 15) is 0 Å². The van der Waals surface area contributed by atoms with E-state index in [4.69, 9.17) is 15.2 Å². The van der Waals surface area contributed by atoms with Gasteiger partial charge in [0.15, 0.2) is 0 Å². The first-order valence-corrected chi connectivity index (χ1v) is 16.9. The van der Waals surface area contributed by atoms with Crippen LogP contribution < -0.4 is 5.32 Å². The highest BCUT2D eigenvalue weighted by atomic mass is 15.6. The Balaban J connectivity index is 1.24. The Kier molecular flexibility index (Phi) is 8.05. The molecule has 0 spiro atoms. The topological polar surface area (TPSA) is 74.4 Å². The van der Waals surface area contributed by atoms with Crippen LogP contribution in [0.4, 0.5) is 5.69 Å². The van der Waals surface area contributed by atoms with Gasteiger partial charge in [-0.1, -0.05) is 158 Å². The SMILES string of the molecule is Cc1cc(NCc2ccc(-c3ccccc3C3(C(c4ccccc4)(c4ccccc4)c4ccccc4)N=NN=N3)cc2)c2cccc(C)c2n1. The van der Waals surface area contributed by atoms with Crippen LogP contribution in [0.3, 0.4) is 0 Å². The van der Waals surface area contributed by atoms with Gasteiger partial charge in [-0.15, -0.1) is 10.2 Å². The number of fused-ring (bicyclic) bond motifs is 1. The van der Waals surface area contributed by atoms with Crippen LogP contribution in [0, 0.1) is 13.8 Å². The summed E-state index contributed by atoms with van der Waals surface area (Å²) in [6.07, 6.45) is 0. The van der Waals surface area contributed by atoms with Gasteiger partial charge in [-0.3, -0.25) is 4.98 Å². The van der Waals surface area contributed by atoms with E-state index in [-0.39, 0.29) is 0 Å². The van der Waals surface area contributed by atoms with Gasteiger partial charge in [0.25, 0.3) is 0 Å². The van der Waals surface area contributed by atoms with Crippen molar-refractivity contribution in [3.8, 4) is 11.1 Å². The molecular formula is C44H36N6. The third kappa shape index (κ3) is 5.17. The van der Waals surface area contributed by atoms with Gasteiger partial charge in [0.1, 0.15) is 0 Å². The van der Waals surface area contributed by atoms with Gasteiger partial charge in [0, 0.05) is 28.9 Å². The van der Waals surface area contributed by atoms with E-state index >= 15 is 0 Å². The maximum atomic E-state index is 5.02. The molecule has 0 radical (unpaired) electrons. The van der Waals surface area contributed by atoms with Gasteiger partial charge >= 0.3 is 0 Å². The fourth-order valence-corrected chi connectivity index (χ4v) is 7.52. The highest BCUT2D eigenvalue weighted by molar-refractivity contribution is 5.93. The van der Waals surface area contributed by atoms with Crippen molar-refractivity contribution in [3.63, 3.8) is 0 Å². The number of benzene rings is 6. The maximum Gasteiger partial charge on any atom is 0.238 e.